The van der Waals surface area contributed by atoms with Crippen molar-refractivity contribution in [2.24, 2.45) is 23.2 Å². The van der Waals surface area contributed by atoms with Crippen molar-refractivity contribution in [3.63, 3.8) is 0 Å². The van der Waals surface area contributed by atoms with Crippen LogP contribution < -0.4 is 10.1 Å². The Kier molecular flexibility index (Phi) is 5.01. The third-order valence-corrected chi connectivity index (χ3v) is 8.45. The zero-order chi connectivity index (χ0) is 20.0. The van der Waals surface area contributed by atoms with Crippen LogP contribution in [-0.4, -0.2) is 34.8 Å². The molecule has 156 valence electrons. The fourth-order valence-electron chi connectivity index (χ4n) is 6.82. The number of ether oxygens (including phenoxy) is 1. The van der Waals surface area contributed by atoms with Gasteiger partial charge >= 0.3 is 0 Å². The number of carbonyl (C=O) groups is 1. The molecule has 4 fully saturated rings. The number of hydrogen-bond acceptors (Lipinski definition) is 4. The second kappa shape index (κ2) is 7.53. The zero-order valence-electron chi connectivity index (χ0n) is 17.4. The molecule has 5 nitrogen and oxygen atoms in total. The highest BCUT2D eigenvalue weighted by Crippen LogP contribution is 2.61. The molecule has 4 aliphatic rings. The number of methoxy groups -OCH3 is 1. The first-order chi connectivity index (χ1) is 14.1. The molecule has 0 unspecified atom stereocenters. The van der Waals surface area contributed by atoms with Crippen molar-refractivity contribution in [3.8, 4) is 5.75 Å². The fraction of sp³-hybridized carbons (Fsp3) is 0.652. The van der Waals surface area contributed by atoms with Gasteiger partial charge in [0.2, 0.25) is 5.91 Å². The number of nitrogens with one attached hydrogen (secondary N) is 2. The van der Waals surface area contributed by atoms with Gasteiger partial charge in [0.05, 0.1) is 23.9 Å². The van der Waals surface area contributed by atoms with Crippen LogP contribution in [0.2, 0.25) is 0 Å². The molecular formula is C23H31N3O2S. The highest BCUT2D eigenvalue weighted by Gasteiger charge is 2.53. The summed E-state index contributed by atoms with van der Waals surface area (Å²) in [5, 5.41) is 4.21. The number of rotatable bonds is 7. The number of H-pyrrole nitrogens is 1. The quantitative estimate of drug-likeness (QED) is 0.642. The Balaban J connectivity index is 1.22. The summed E-state index contributed by atoms with van der Waals surface area (Å²) < 4.78 is 5.27. The van der Waals surface area contributed by atoms with E-state index in [1.807, 2.05) is 18.2 Å². The largest absolute Gasteiger partial charge is 0.497 e. The Hall–Kier alpha value is -1.69. The second-order valence-corrected chi connectivity index (χ2v) is 10.5. The van der Waals surface area contributed by atoms with E-state index in [2.05, 4.69) is 22.2 Å². The highest BCUT2D eigenvalue weighted by molar-refractivity contribution is 7.99. The number of aromatic nitrogens is 2. The fourth-order valence-corrected chi connectivity index (χ4v) is 7.52. The minimum Gasteiger partial charge on any atom is -0.497 e. The van der Waals surface area contributed by atoms with Gasteiger partial charge in [0.1, 0.15) is 5.75 Å². The number of imidazole rings is 1. The van der Waals surface area contributed by atoms with Gasteiger partial charge in [-0.1, -0.05) is 18.7 Å². The lowest BCUT2D eigenvalue weighted by Crippen LogP contribution is -2.57. The summed E-state index contributed by atoms with van der Waals surface area (Å²) >= 11 is 1.48. The molecule has 1 aromatic carbocycles. The number of thioether (sulfide) groups is 1. The van der Waals surface area contributed by atoms with Crippen LogP contribution in [0.4, 0.5) is 0 Å². The average Bonchev–Trinajstić information content (AvgIpc) is 3.11. The summed E-state index contributed by atoms with van der Waals surface area (Å²) in [6.07, 6.45) is 9.35. The summed E-state index contributed by atoms with van der Waals surface area (Å²) in [4.78, 5) is 20.7. The first-order valence-corrected chi connectivity index (χ1v) is 12.0. The molecule has 6 heteroatoms. The minimum atomic E-state index is 0.135. The molecule has 4 aliphatic carbocycles. The molecule has 4 bridgehead atoms. The third kappa shape index (κ3) is 3.65. The maximum Gasteiger partial charge on any atom is 0.230 e. The van der Waals surface area contributed by atoms with E-state index in [1.165, 1.54) is 50.3 Å². The van der Waals surface area contributed by atoms with Crippen LogP contribution in [0.3, 0.4) is 0 Å². The van der Waals surface area contributed by atoms with E-state index < -0.39 is 0 Å². The van der Waals surface area contributed by atoms with Crippen molar-refractivity contribution in [2.75, 3.05) is 12.9 Å². The molecule has 4 saturated carbocycles. The van der Waals surface area contributed by atoms with Crippen LogP contribution in [0.1, 0.15) is 51.9 Å². The van der Waals surface area contributed by atoms with E-state index in [-0.39, 0.29) is 5.91 Å². The van der Waals surface area contributed by atoms with Gasteiger partial charge in [0, 0.05) is 12.1 Å². The van der Waals surface area contributed by atoms with Gasteiger partial charge in [-0.3, -0.25) is 4.79 Å². The number of aromatic amines is 1. The van der Waals surface area contributed by atoms with E-state index in [0.717, 1.165) is 46.1 Å². The lowest BCUT2D eigenvalue weighted by atomic mass is 9.47. The number of benzene rings is 1. The standard InChI is InChI=1S/C23H31N3O2S/c1-3-20(23-10-14-6-15(11-23)8-16(7-14)12-23)26-21(27)13-29-22-24-18-5-4-17(28-2)9-19(18)25-22/h4-5,9,14-16,20H,3,6-8,10-13H2,1-2H3,(H,24,25)(H,26,27)/t14?,15?,16?,20-,23?/m0/s1. The van der Waals surface area contributed by atoms with Gasteiger partial charge in [-0.15, -0.1) is 0 Å². The predicted molar refractivity (Wildman–Crippen MR) is 116 cm³/mol. The van der Waals surface area contributed by atoms with Crippen LogP contribution >= 0.6 is 11.8 Å². The molecule has 0 radical (unpaired) electrons. The Labute approximate surface area is 176 Å². The van der Waals surface area contributed by atoms with Crippen LogP contribution in [-0.2, 0) is 4.79 Å². The summed E-state index contributed by atoms with van der Waals surface area (Å²) in [6, 6.07) is 6.10. The van der Waals surface area contributed by atoms with Crippen molar-refractivity contribution in [3.05, 3.63) is 18.2 Å². The van der Waals surface area contributed by atoms with E-state index in [1.54, 1.807) is 7.11 Å². The van der Waals surface area contributed by atoms with Crippen molar-refractivity contribution >= 4 is 28.7 Å². The summed E-state index contributed by atoms with van der Waals surface area (Å²) in [5.41, 5.74) is 2.20. The molecule has 29 heavy (non-hydrogen) atoms. The van der Waals surface area contributed by atoms with E-state index in [4.69, 9.17) is 4.74 Å². The number of nitrogens with zero attached hydrogens (tertiary/aromatic N) is 1. The third-order valence-electron chi connectivity index (χ3n) is 7.58. The summed E-state index contributed by atoms with van der Waals surface area (Å²) in [7, 11) is 1.66. The van der Waals surface area contributed by atoms with Crippen LogP contribution in [0, 0.1) is 23.2 Å². The van der Waals surface area contributed by atoms with Crippen LogP contribution in [0.5, 0.6) is 5.75 Å². The molecule has 0 spiro atoms. The van der Waals surface area contributed by atoms with E-state index in [9.17, 15) is 4.79 Å². The number of fused-ring (bicyclic) bond motifs is 1. The smallest absolute Gasteiger partial charge is 0.230 e. The monoisotopic (exact) mass is 413 g/mol. The Morgan fingerprint density at radius 1 is 1.28 bits per heavy atom. The maximum absolute atomic E-state index is 12.8. The Morgan fingerprint density at radius 3 is 2.59 bits per heavy atom. The molecule has 1 atom stereocenters. The number of hydrogen-bond donors (Lipinski definition) is 2. The van der Waals surface area contributed by atoms with Crippen molar-refractivity contribution in [1.29, 1.82) is 0 Å². The van der Waals surface area contributed by atoms with Gasteiger partial charge in [-0.2, -0.15) is 0 Å². The Morgan fingerprint density at radius 2 is 1.97 bits per heavy atom. The van der Waals surface area contributed by atoms with E-state index >= 15 is 0 Å². The van der Waals surface area contributed by atoms with Crippen LogP contribution in [0.25, 0.3) is 11.0 Å². The molecule has 1 heterocycles. The average molecular weight is 414 g/mol. The van der Waals surface area contributed by atoms with Crippen LogP contribution in [0.15, 0.2) is 23.4 Å². The van der Waals surface area contributed by atoms with Crippen molar-refractivity contribution in [1.82, 2.24) is 15.3 Å². The topological polar surface area (TPSA) is 67.0 Å². The molecule has 0 saturated heterocycles. The Bertz CT molecular complexity index is 873. The molecule has 2 aromatic rings. The molecule has 1 amide bonds. The lowest BCUT2D eigenvalue weighted by molar-refractivity contribution is -0.124. The first-order valence-electron chi connectivity index (χ1n) is 11.0. The number of amides is 1. The minimum absolute atomic E-state index is 0.135. The maximum atomic E-state index is 12.8. The van der Waals surface area contributed by atoms with Gasteiger partial charge < -0.3 is 15.0 Å². The number of carbonyl (C=O) groups excluding carboxylic acids is 1. The normalized spacial score (nSPS) is 31.2. The lowest BCUT2D eigenvalue weighted by Gasteiger charge is -2.59. The molecular weight excluding hydrogens is 382 g/mol. The first kappa shape index (κ1) is 19.3. The summed E-state index contributed by atoms with van der Waals surface area (Å²) in [5.74, 6) is 4.07. The van der Waals surface area contributed by atoms with E-state index in [0.29, 0.717) is 17.2 Å². The predicted octanol–water partition coefficient (Wildman–Crippen LogP) is 4.77. The zero-order valence-corrected chi connectivity index (χ0v) is 18.2. The molecule has 1 aromatic heterocycles. The molecule has 6 rings (SSSR count). The molecule has 2 N–H and O–H groups in total. The second-order valence-electron chi connectivity index (χ2n) is 9.52. The van der Waals surface area contributed by atoms with Gasteiger partial charge in [0.15, 0.2) is 5.16 Å². The SMILES string of the molecule is CC[C@H](NC(=O)CSc1nc2ccc(OC)cc2[nH]1)C12CC3CC(CC(C3)C1)C2. The van der Waals surface area contributed by atoms with Gasteiger partial charge in [-0.05, 0) is 80.2 Å². The van der Waals surface area contributed by atoms with Crippen molar-refractivity contribution < 1.29 is 9.53 Å². The molecule has 0 aliphatic heterocycles. The van der Waals surface area contributed by atoms with Crippen molar-refractivity contribution in [2.45, 2.75) is 63.1 Å². The highest BCUT2D eigenvalue weighted by atomic mass is 32.2. The van der Waals surface area contributed by atoms with Gasteiger partial charge in [0.25, 0.3) is 0 Å². The summed E-state index contributed by atoms with van der Waals surface area (Å²) in [6.45, 7) is 2.24. The van der Waals surface area contributed by atoms with Gasteiger partial charge in [-0.25, -0.2) is 4.98 Å².